The van der Waals surface area contributed by atoms with E-state index in [0.29, 0.717) is 12.4 Å². The Hall–Kier alpha value is -1.43. The summed E-state index contributed by atoms with van der Waals surface area (Å²) in [5, 5.41) is 10.3. The number of rotatable bonds is 3. The lowest BCUT2D eigenvalue weighted by molar-refractivity contribution is -0.124. The van der Waals surface area contributed by atoms with E-state index >= 15 is 0 Å². The van der Waals surface area contributed by atoms with Gasteiger partial charge in [0.05, 0.1) is 12.6 Å². The molecule has 6 nitrogen and oxygen atoms in total. The third-order valence-corrected chi connectivity index (χ3v) is 2.44. The Morgan fingerprint density at radius 3 is 2.69 bits per heavy atom. The maximum absolute atomic E-state index is 11.7. The van der Waals surface area contributed by atoms with Crippen LogP contribution in [0, 0.1) is 5.41 Å². The van der Waals surface area contributed by atoms with Crippen molar-refractivity contribution >= 4 is 5.91 Å². The first kappa shape index (κ1) is 12.6. The van der Waals surface area contributed by atoms with Gasteiger partial charge in [0.1, 0.15) is 6.33 Å². The highest BCUT2D eigenvalue weighted by Crippen LogP contribution is 2.17. The van der Waals surface area contributed by atoms with Gasteiger partial charge in [0.2, 0.25) is 5.91 Å². The molecule has 0 aromatic carbocycles. The summed E-state index contributed by atoms with van der Waals surface area (Å²) in [6.07, 6.45) is 1.59. The van der Waals surface area contributed by atoms with Crippen molar-refractivity contribution in [3.63, 3.8) is 0 Å². The summed E-state index contributed by atoms with van der Waals surface area (Å²) in [7, 11) is 1.82. The predicted molar refractivity (Wildman–Crippen MR) is 60.3 cm³/mol. The third kappa shape index (κ3) is 3.03. The van der Waals surface area contributed by atoms with E-state index in [9.17, 15) is 4.79 Å². The van der Waals surface area contributed by atoms with Crippen molar-refractivity contribution in [1.29, 1.82) is 0 Å². The van der Waals surface area contributed by atoms with E-state index < -0.39 is 6.04 Å². The maximum atomic E-state index is 11.7. The molecule has 0 spiro atoms. The largest absolute Gasteiger partial charge is 0.347 e. The minimum absolute atomic E-state index is 0.171. The van der Waals surface area contributed by atoms with Crippen LogP contribution in [-0.2, 0) is 18.4 Å². The van der Waals surface area contributed by atoms with Gasteiger partial charge in [0.15, 0.2) is 5.82 Å². The van der Waals surface area contributed by atoms with Crippen molar-refractivity contribution < 1.29 is 4.79 Å². The van der Waals surface area contributed by atoms with Crippen molar-refractivity contribution in [3.8, 4) is 0 Å². The molecule has 0 unspecified atom stereocenters. The Morgan fingerprint density at radius 2 is 2.25 bits per heavy atom. The van der Waals surface area contributed by atoms with Crippen LogP contribution in [0.3, 0.4) is 0 Å². The molecule has 1 rings (SSSR count). The first-order chi connectivity index (χ1) is 7.32. The number of hydrogen-bond donors (Lipinski definition) is 2. The van der Waals surface area contributed by atoms with Crippen LogP contribution in [0.25, 0.3) is 0 Å². The van der Waals surface area contributed by atoms with Gasteiger partial charge in [-0.05, 0) is 5.41 Å². The van der Waals surface area contributed by atoms with Crippen LogP contribution in [0.15, 0.2) is 6.33 Å². The van der Waals surface area contributed by atoms with Crippen LogP contribution in [0.2, 0.25) is 0 Å². The number of carbonyl (C=O) groups excluding carboxylic acids is 1. The number of nitrogens with one attached hydrogen (secondary N) is 1. The minimum atomic E-state index is -0.527. The molecule has 3 N–H and O–H groups in total. The Balaban J connectivity index is 2.51. The minimum Gasteiger partial charge on any atom is -0.347 e. The zero-order valence-electron chi connectivity index (χ0n) is 10.2. The van der Waals surface area contributed by atoms with Crippen molar-refractivity contribution in [2.45, 2.75) is 33.4 Å². The third-order valence-electron chi connectivity index (χ3n) is 2.44. The van der Waals surface area contributed by atoms with Crippen molar-refractivity contribution in [2.75, 3.05) is 0 Å². The average Bonchev–Trinajstić information content (AvgIpc) is 2.58. The molecule has 1 aromatic rings. The molecule has 1 heterocycles. The molecule has 0 saturated carbocycles. The maximum Gasteiger partial charge on any atom is 0.237 e. The van der Waals surface area contributed by atoms with E-state index in [0.717, 1.165) is 0 Å². The van der Waals surface area contributed by atoms with Crippen molar-refractivity contribution in [3.05, 3.63) is 12.2 Å². The van der Waals surface area contributed by atoms with E-state index in [2.05, 4.69) is 15.5 Å². The van der Waals surface area contributed by atoms with E-state index in [-0.39, 0.29) is 11.3 Å². The average molecular weight is 225 g/mol. The molecule has 6 heteroatoms. The topological polar surface area (TPSA) is 85.8 Å². The summed E-state index contributed by atoms with van der Waals surface area (Å²) in [6.45, 7) is 6.14. The van der Waals surface area contributed by atoms with Crippen LogP contribution < -0.4 is 11.1 Å². The highest BCUT2D eigenvalue weighted by molar-refractivity contribution is 5.82. The SMILES string of the molecule is Cn1cnnc1CNC(=O)[C@H](N)C(C)(C)C. The molecule has 0 fully saturated rings. The molecule has 16 heavy (non-hydrogen) atoms. The zero-order chi connectivity index (χ0) is 12.3. The Kier molecular flexibility index (Phi) is 3.64. The van der Waals surface area contributed by atoms with Crippen molar-refractivity contribution in [2.24, 2.45) is 18.2 Å². The van der Waals surface area contributed by atoms with Crippen LogP contribution in [-0.4, -0.2) is 26.7 Å². The van der Waals surface area contributed by atoms with E-state index in [1.807, 2.05) is 27.8 Å². The van der Waals surface area contributed by atoms with Gasteiger partial charge in [-0.1, -0.05) is 20.8 Å². The molecule has 90 valence electrons. The molecule has 0 bridgehead atoms. The first-order valence-electron chi connectivity index (χ1n) is 5.18. The Morgan fingerprint density at radius 1 is 1.62 bits per heavy atom. The lowest BCUT2D eigenvalue weighted by Gasteiger charge is -2.25. The van der Waals surface area contributed by atoms with Crippen LogP contribution >= 0.6 is 0 Å². The molecule has 0 aliphatic rings. The fourth-order valence-electron chi connectivity index (χ4n) is 1.14. The molecule has 0 saturated heterocycles. The second kappa shape index (κ2) is 4.61. The quantitative estimate of drug-likeness (QED) is 0.746. The van der Waals surface area contributed by atoms with Gasteiger partial charge in [0.25, 0.3) is 0 Å². The number of aromatic nitrogens is 3. The summed E-state index contributed by atoms with van der Waals surface area (Å²) in [6, 6.07) is -0.527. The molecule has 0 aliphatic carbocycles. The second-order valence-corrected chi connectivity index (χ2v) is 4.92. The predicted octanol–water partition coefficient (Wildman–Crippen LogP) is -0.195. The zero-order valence-corrected chi connectivity index (χ0v) is 10.2. The number of nitrogens with zero attached hydrogens (tertiary/aromatic N) is 3. The standard InChI is InChI=1S/C10H19N5O/c1-10(2,3)8(11)9(16)12-5-7-14-13-6-15(7)4/h6,8H,5,11H2,1-4H3,(H,12,16)/t8-/m0/s1. The van der Waals surface area contributed by atoms with Crippen LogP contribution in [0.5, 0.6) is 0 Å². The molecule has 0 aliphatic heterocycles. The normalized spacial score (nSPS) is 13.6. The Labute approximate surface area is 95.2 Å². The van der Waals surface area contributed by atoms with Gasteiger partial charge in [-0.2, -0.15) is 0 Å². The number of hydrogen-bond acceptors (Lipinski definition) is 4. The fourth-order valence-corrected chi connectivity index (χ4v) is 1.14. The molecule has 1 amide bonds. The lowest BCUT2D eigenvalue weighted by atomic mass is 9.87. The van der Waals surface area contributed by atoms with E-state index in [4.69, 9.17) is 5.73 Å². The summed E-state index contributed by atoms with van der Waals surface area (Å²) in [5.74, 6) is 0.532. The fraction of sp³-hybridized carbons (Fsp3) is 0.700. The number of nitrogens with two attached hydrogens (primary N) is 1. The van der Waals surface area contributed by atoms with Gasteiger partial charge in [-0.25, -0.2) is 0 Å². The molecule has 1 atom stereocenters. The van der Waals surface area contributed by atoms with Gasteiger partial charge in [-0.15, -0.1) is 10.2 Å². The summed E-state index contributed by atoms with van der Waals surface area (Å²) in [5.41, 5.74) is 5.57. The lowest BCUT2D eigenvalue weighted by Crippen LogP contribution is -2.48. The smallest absolute Gasteiger partial charge is 0.237 e. The monoisotopic (exact) mass is 225 g/mol. The van der Waals surface area contributed by atoms with Crippen LogP contribution in [0.4, 0.5) is 0 Å². The summed E-state index contributed by atoms with van der Waals surface area (Å²) < 4.78 is 1.75. The van der Waals surface area contributed by atoms with Gasteiger partial charge in [0, 0.05) is 7.05 Å². The van der Waals surface area contributed by atoms with E-state index in [1.54, 1.807) is 10.9 Å². The second-order valence-electron chi connectivity index (χ2n) is 4.92. The molecule has 1 aromatic heterocycles. The van der Waals surface area contributed by atoms with Gasteiger partial charge < -0.3 is 15.6 Å². The number of amides is 1. The number of aryl methyl sites for hydroxylation is 1. The molecular weight excluding hydrogens is 206 g/mol. The summed E-state index contributed by atoms with van der Waals surface area (Å²) >= 11 is 0. The Bertz CT molecular complexity index is 366. The van der Waals surface area contributed by atoms with E-state index in [1.165, 1.54) is 0 Å². The highest BCUT2D eigenvalue weighted by Gasteiger charge is 2.27. The first-order valence-corrected chi connectivity index (χ1v) is 5.18. The van der Waals surface area contributed by atoms with Gasteiger partial charge >= 0.3 is 0 Å². The molecular formula is C10H19N5O. The van der Waals surface area contributed by atoms with Crippen LogP contribution in [0.1, 0.15) is 26.6 Å². The summed E-state index contributed by atoms with van der Waals surface area (Å²) in [4.78, 5) is 11.7. The number of carbonyl (C=O) groups is 1. The highest BCUT2D eigenvalue weighted by atomic mass is 16.2. The van der Waals surface area contributed by atoms with Gasteiger partial charge in [-0.3, -0.25) is 4.79 Å². The molecule has 0 radical (unpaired) electrons. The van der Waals surface area contributed by atoms with Crippen molar-refractivity contribution in [1.82, 2.24) is 20.1 Å².